The van der Waals surface area contributed by atoms with Gasteiger partial charge in [0.2, 0.25) is 0 Å². The summed E-state index contributed by atoms with van der Waals surface area (Å²) < 4.78 is 5.98. The number of amides is 2. The number of hydrogen-bond acceptors (Lipinski definition) is 6. The zero-order valence-corrected chi connectivity index (χ0v) is 16.9. The highest BCUT2D eigenvalue weighted by molar-refractivity contribution is 6.07. The van der Waals surface area contributed by atoms with Gasteiger partial charge >= 0.3 is 6.09 Å². The van der Waals surface area contributed by atoms with Crippen molar-refractivity contribution in [3.05, 3.63) is 54.7 Å². The normalized spacial score (nSPS) is 14.4. The molecule has 0 unspecified atom stereocenters. The van der Waals surface area contributed by atoms with Crippen molar-refractivity contribution in [2.45, 2.75) is 19.3 Å². The topological polar surface area (TPSA) is 118 Å². The zero-order chi connectivity index (χ0) is 21.6. The molecule has 3 heterocycles. The lowest BCUT2D eigenvalue weighted by Gasteiger charge is -2.29. The van der Waals surface area contributed by atoms with Gasteiger partial charge in [0.05, 0.1) is 24.0 Å². The minimum absolute atomic E-state index is 0.214. The van der Waals surface area contributed by atoms with Gasteiger partial charge in [0.1, 0.15) is 11.4 Å². The largest absolute Gasteiger partial charge is 0.493 e. The average molecular weight is 421 g/mol. The summed E-state index contributed by atoms with van der Waals surface area (Å²) in [7, 11) is 0. The lowest BCUT2D eigenvalue weighted by molar-refractivity contribution is 0.102. The van der Waals surface area contributed by atoms with Gasteiger partial charge in [-0.2, -0.15) is 0 Å². The third-order valence-corrected chi connectivity index (χ3v) is 5.40. The molecule has 4 rings (SSSR count). The van der Waals surface area contributed by atoms with Gasteiger partial charge in [-0.3, -0.25) is 14.8 Å². The standard InChI is InChI=1S/C22H23N5O4/c28-21(19-14-23-7-8-24-19)26-18-13-17(12-16-2-1-6-25-20(16)18)31-11-5-15-3-9-27(10-4-15)22(29)30/h1-2,6-8,12-15H,3-5,9-11H2,(H,26,28)(H,29,30). The summed E-state index contributed by atoms with van der Waals surface area (Å²) in [6, 6.07) is 7.40. The molecule has 1 saturated heterocycles. The number of nitrogens with zero attached hydrogens (tertiary/aromatic N) is 4. The van der Waals surface area contributed by atoms with Crippen molar-refractivity contribution in [2.75, 3.05) is 25.0 Å². The van der Waals surface area contributed by atoms with Crippen LogP contribution in [-0.2, 0) is 0 Å². The fraction of sp³-hybridized carbons (Fsp3) is 0.318. The molecule has 0 aliphatic carbocycles. The minimum atomic E-state index is -0.851. The number of carbonyl (C=O) groups is 2. The molecular weight excluding hydrogens is 398 g/mol. The summed E-state index contributed by atoms with van der Waals surface area (Å²) in [5.41, 5.74) is 1.41. The molecule has 0 spiro atoms. The van der Waals surface area contributed by atoms with Gasteiger partial charge in [0.25, 0.3) is 5.91 Å². The highest BCUT2D eigenvalue weighted by atomic mass is 16.5. The number of piperidine rings is 1. The number of likely N-dealkylation sites (tertiary alicyclic amines) is 1. The predicted molar refractivity (Wildman–Crippen MR) is 114 cm³/mol. The Morgan fingerprint density at radius 3 is 2.74 bits per heavy atom. The molecule has 0 bridgehead atoms. The highest BCUT2D eigenvalue weighted by Crippen LogP contribution is 2.29. The molecule has 2 amide bonds. The summed E-state index contributed by atoms with van der Waals surface area (Å²) in [5.74, 6) is 0.703. The van der Waals surface area contributed by atoms with E-state index in [-0.39, 0.29) is 11.6 Å². The van der Waals surface area contributed by atoms with Crippen molar-refractivity contribution in [1.29, 1.82) is 0 Å². The number of benzene rings is 1. The molecule has 1 aromatic carbocycles. The second-order valence-electron chi connectivity index (χ2n) is 7.44. The maximum Gasteiger partial charge on any atom is 0.407 e. The van der Waals surface area contributed by atoms with Gasteiger partial charge < -0.3 is 20.1 Å². The van der Waals surface area contributed by atoms with Crippen LogP contribution in [0, 0.1) is 5.92 Å². The Bertz CT molecular complexity index is 1070. The van der Waals surface area contributed by atoms with Crippen LogP contribution < -0.4 is 10.1 Å². The van der Waals surface area contributed by atoms with Gasteiger partial charge in [-0.25, -0.2) is 9.78 Å². The minimum Gasteiger partial charge on any atom is -0.493 e. The van der Waals surface area contributed by atoms with Crippen LogP contribution in [0.2, 0.25) is 0 Å². The van der Waals surface area contributed by atoms with Crippen molar-refractivity contribution in [3.8, 4) is 5.75 Å². The third-order valence-electron chi connectivity index (χ3n) is 5.40. The molecule has 9 nitrogen and oxygen atoms in total. The second-order valence-corrected chi connectivity index (χ2v) is 7.44. The lowest BCUT2D eigenvalue weighted by atomic mass is 9.94. The molecule has 2 aromatic heterocycles. The molecule has 3 aromatic rings. The number of ether oxygens (including phenoxy) is 1. The first kappa shape index (κ1) is 20.5. The van der Waals surface area contributed by atoms with Crippen LogP contribution in [0.25, 0.3) is 10.9 Å². The molecule has 0 radical (unpaired) electrons. The van der Waals surface area contributed by atoms with E-state index in [2.05, 4.69) is 20.3 Å². The molecule has 160 valence electrons. The van der Waals surface area contributed by atoms with E-state index < -0.39 is 6.09 Å². The van der Waals surface area contributed by atoms with E-state index in [1.165, 1.54) is 23.5 Å². The van der Waals surface area contributed by atoms with Crippen LogP contribution >= 0.6 is 0 Å². The number of rotatable bonds is 6. The first-order valence-corrected chi connectivity index (χ1v) is 10.2. The van der Waals surface area contributed by atoms with Crippen molar-refractivity contribution >= 4 is 28.6 Å². The molecule has 9 heteroatoms. The van der Waals surface area contributed by atoms with Gasteiger partial charge in [-0.05, 0) is 37.3 Å². The summed E-state index contributed by atoms with van der Waals surface area (Å²) in [6.07, 6.45) is 7.73. The molecule has 1 aliphatic rings. The number of pyridine rings is 1. The quantitative estimate of drug-likeness (QED) is 0.626. The molecule has 2 N–H and O–H groups in total. The van der Waals surface area contributed by atoms with Crippen LogP contribution in [0.3, 0.4) is 0 Å². The number of aromatic nitrogens is 3. The summed E-state index contributed by atoms with van der Waals surface area (Å²) >= 11 is 0. The van der Waals surface area contributed by atoms with E-state index in [0.29, 0.717) is 42.6 Å². The fourth-order valence-corrected chi connectivity index (χ4v) is 3.70. The number of anilines is 1. The predicted octanol–water partition coefficient (Wildman–Crippen LogP) is 3.44. The van der Waals surface area contributed by atoms with E-state index >= 15 is 0 Å². The third kappa shape index (κ3) is 5.06. The zero-order valence-electron chi connectivity index (χ0n) is 16.9. The van der Waals surface area contributed by atoms with Gasteiger partial charge in [-0.1, -0.05) is 6.07 Å². The smallest absolute Gasteiger partial charge is 0.407 e. The van der Waals surface area contributed by atoms with Crippen LogP contribution in [0.1, 0.15) is 29.8 Å². The molecular formula is C22H23N5O4. The summed E-state index contributed by atoms with van der Waals surface area (Å²) in [5, 5.41) is 12.8. The Labute approximate surface area is 179 Å². The van der Waals surface area contributed by atoms with E-state index in [1.807, 2.05) is 18.2 Å². The Kier molecular flexibility index (Phi) is 6.21. The van der Waals surface area contributed by atoms with E-state index in [0.717, 1.165) is 24.6 Å². The number of hydrogen-bond donors (Lipinski definition) is 2. The van der Waals surface area contributed by atoms with E-state index in [1.54, 1.807) is 12.3 Å². The lowest BCUT2D eigenvalue weighted by Crippen LogP contribution is -2.37. The van der Waals surface area contributed by atoms with Gasteiger partial charge in [0.15, 0.2) is 0 Å². The van der Waals surface area contributed by atoms with Crippen LogP contribution in [0.15, 0.2) is 49.1 Å². The first-order chi connectivity index (χ1) is 15.1. The summed E-state index contributed by atoms with van der Waals surface area (Å²) in [6.45, 7) is 1.65. The monoisotopic (exact) mass is 421 g/mol. The molecule has 0 atom stereocenters. The second kappa shape index (κ2) is 9.38. The van der Waals surface area contributed by atoms with Crippen molar-refractivity contribution < 1.29 is 19.4 Å². The van der Waals surface area contributed by atoms with E-state index in [9.17, 15) is 9.59 Å². The Morgan fingerprint density at radius 2 is 2.00 bits per heavy atom. The summed E-state index contributed by atoms with van der Waals surface area (Å²) in [4.78, 5) is 37.4. The number of carboxylic acid groups (broad SMARTS) is 1. The SMILES string of the molecule is O=C(Nc1cc(OCCC2CCN(C(=O)O)CC2)cc2cccnc12)c1cnccn1. The van der Waals surface area contributed by atoms with Crippen LogP contribution in [-0.4, -0.2) is 56.7 Å². The maximum atomic E-state index is 12.5. The Morgan fingerprint density at radius 1 is 1.16 bits per heavy atom. The maximum absolute atomic E-state index is 12.5. The average Bonchev–Trinajstić information content (AvgIpc) is 2.80. The van der Waals surface area contributed by atoms with Crippen LogP contribution in [0.4, 0.5) is 10.5 Å². The first-order valence-electron chi connectivity index (χ1n) is 10.2. The van der Waals surface area contributed by atoms with E-state index in [4.69, 9.17) is 9.84 Å². The van der Waals surface area contributed by atoms with Crippen molar-refractivity contribution in [1.82, 2.24) is 19.9 Å². The number of nitrogens with one attached hydrogen (secondary N) is 1. The highest BCUT2D eigenvalue weighted by Gasteiger charge is 2.22. The Hall–Kier alpha value is -3.75. The van der Waals surface area contributed by atoms with Crippen molar-refractivity contribution in [2.24, 2.45) is 5.92 Å². The Balaban J connectivity index is 1.42. The fourth-order valence-electron chi connectivity index (χ4n) is 3.70. The molecule has 31 heavy (non-hydrogen) atoms. The van der Waals surface area contributed by atoms with Gasteiger partial charge in [-0.15, -0.1) is 0 Å². The van der Waals surface area contributed by atoms with Gasteiger partial charge in [0, 0.05) is 43.1 Å². The molecule has 1 fully saturated rings. The number of fused-ring (bicyclic) bond motifs is 1. The van der Waals surface area contributed by atoms with Crippen molar-refractivity contribution in [3.63, 3.8) is 0 Å². The van der Waals surface area contributed by atoms with Crippen LogP contribution in [0.5, 0.6) is 5.75 Å². The molecule has 0 saturated carbocycles. The molecule has 1 aliphatic heterocycles. The number of carbonyl (C=O) groups excluding carboxylic acids is 1.